The maximum absolute atomic E-state index is 12.0. The number of amides is 1. The van der Waals surface area contributed by atoms with Crippen LogP contribution in [0, 0.1) is 0 Å². The highest BCUT2D eigenvalue weighted by atomic mass is 16.5. The summed E-state index contributed by atoms with van der Waals surface area (Å²) in [6.45, 7) is 2.13. The Kier molecular flexibility index (Phi) is 5.88. The molecule has 5 nitrogen and oxygen atoms in total. The first kappa shape index (κ1) is 16.3. The van der Waals surface area contributed by atoms with E-state index in [9.17, 15) is 4.79 Å². The summed E-state index contributed by atoms with van der Waals surface area (Å²) in [6, 6.07) is 7.79. The Balaban J connectivity index is 1.45. The number of carbonyl (C=O) groups is 1. The van der Waals surface area contributed by atoms with Gasteiger partial charge in [-0.05, 0) is 49.9 Å². The fourth-order valence-electron chi connectivity index (χ4n) is 3.18. The second-order valence-corrected chi connectivity index (χ2v) is 6.38. The quantitative estimate of drug-likeness (QED) is 0.876. The maximum Gasteiger partial charge on any atom is 0.226 e. The standard InChI is InChI=1S/C18H26N2O3/c21-18(12-15-13-22-11-10-19-15)20-14-6-8-17(9-7-14)23-16-4-2-1-3-5-16/h6-9,15-16,19H,1-5,10-13H2,(H,20,21). The minimum Gasteiger partial charge on any atom is -0.490 e. The Morgan fingerprint density at radius 1 is 1.22 bits per heavy atom. The molecule has 0 spiro atoms. The van der Waals surface area contributed by atoms with Crippen molar-refractivity contribution in [1.82, 2.24) is 5.32 Å². The number of hydrogen-bond donors (Lipinski definition) is 2. The molecule has 1 unspecified atom stereocenters. The van der Waals surface area contributed by atoms with E-state index in [1.165, 1.54) is 19.3 Å². The third kappa shape index (κ3) is 5.22. The first-order chi connectivity index (χ1) is 11.3. The van der Waals surface area contributed by atoms with E-state index in [2.05, 4.69) is 10.6 Å². The second-order valence-electron chi connectivity index (χ2n) is 6.38. The van der Waals surface area contributed by atoms with Gasteiger partial charge in [-0.2, -0.15) is 0 Å². The van der Waals surface area contributed by atoms with E-state index in [1.54, 1.807) is 0 Å². The summed E-state index contributed by atoms with van der Waals surface area (Å²) in [6.07, 6.45) is 6.92. The molecule has 1 aliphatic carbocycles. The zero-order valence-electron chi connectivity index (χ0n) is 13.6. The normalized spacial score (nSPS) is 22.5. The van der Waals surface area contributed by atoms with Crippen LogP contribution in [0.4, 0.5) is 5.69 Å². The van der Waals surface area contributed by atoms with Gasteiger partial charge in [-0.1, -0.05) is 6.42 Å². The van der Waals surface area contributed by atoms with Crippen molar-refractivity contribution in [2.24, 2.45) is 0 Å². The molecular formula is C18H26N2O3. The number of benzene rings is 1. The van der Waals surface area contributed by atoms with E-state index in [1.807, 2.05) is 24.3 Å². The summed E-state index contributed by atoms with van der Waals surface area (Å²) in [5.41, 5.74) is 0.808. The molecule has 2 N–H and O–H groups in total. The first-order valence-electron chi connectivity index (χ1n) is 8.67. The van der Waals surface area contributed by atoms with Crippen LogP contribution < -0.4 is 15.4 Å². The molecule has 0 aromatic heterocycles. The smallest absolute Gasteiger partial charge is 0.226 e. The summed E-state index contributed by atoms with van der Waals surface area (Å²) in [7, 11) is 0. The third-order valence-corrected chi connectivity index (χ3v) is 4.42. The third-order valence-electron chi connectivity index (χ3n) is 4.42. The van der Waals surface area contributed by atoms with Crippen molar-refractivity contribution in [3.05, 3.63) is 24.3 Å². The van der Waals surface area contributed by atoms with Crippen molar-refractivity contribution >= 4 is 11.6 Å². The molecule has 1 heterocycles. The predicted molar refractivity (Wildman–Crippen MR) is 89.8 cm³/mol. The molecule has 2 aliphatic rings. The highest BCUT2D eigenvalue weighted by Gasteiger charge is 2.17. The molecule has 1 atom stereocenters. The zero-order chi connectivity index (χ0) is 15.9. The van der Waals surface area contributed by atoms with Gasteiger partial charge in [0.1, 0.15) is 5.75 Å². The number of ether oxygens (including phenoxy) is 2. The van der Waals surface area contributed by atoms with Crippen LogP contribution in [-0.2, 0) is 9.53 Å². The van der Waals surface area contributed by atoms with Crippen LogP contribution in [0.25, 0.3) is 0 Å². The molecule has 5 heteroatoms. The van der Waals surface area contributed by atoms with Crippen molar-refractivity contribution in [2.45, 2.75) is 50.7 Å². The van der Waals surface area contributed by atoms with Crippen molar-refractivity contribution in [2.75, 3.05) is 25.1 Å². The number of nitrogens with one attached hydrogen (secondary N) is 2. The lowest BCUT2D eigenvalue weighted by Crippen LogP contribution is -2.43. The highest BCUT2D eigenvalue weighted by Crippen LogP contribution is 2.24. The van der Waals surface area contributed by atoms with E-state index in [4.69, 9.17) is 9.47 Å². The largest absolute Gasteiger partial charge is 0.490 e. The van der Waals surface area contributed by atoms with Gasteiger partial charge in [0.25, 0.3) is 0 Å². The highest BCUT2D eigenvalue weighted by molar-refractivity contribution is 5.91. The summed E-state index contributed by atoms with van der Waals surface area (Å²) < 4.78 is 11.4. The lowest BCUT2D eigenvalue weighted by molar-refractivity contribution is -0.117. The summed E-state index contributed by atoms with van der Waals surface area (Å²) in [5, 5.41) is 6.21. The van der Waals surface area contributed by atoms with Gasteiger partial charge in [0.05, 0.1) is 19.3 Å². The van der Waals surface area contributed by atoms with Crippen LogP contribution in [0.3, 0.4) is 0 Å². The van der Waals surface area contributed by atoms with Crippen LogP contribution in [0.15, 0.2) is 24.3 Å². The predicted octanol–water partition coefficient (Wildman–Crippen LogP) is 2.72. The summed E-state index contributed by atoms with van der Waals surface area (Å²) >= 11 is 0. The molecule has 1 aromatic carbocycles. The summed E-state index contributed by atoms with van der Waals surface area (Å²) in [4.78, 5) is 12.0. The molecule has 2 fully saturated rings. The molecule has 1 saturated heterocycles. The van der Waals surface area contributed by atoms with Gasteiger partial charge >= 0.3 is 0 Å². The van der Waals surface area contributed by atoms with Crippen molar-refractivity contribution < 1.29 is 14.3 Å². The van der Waals surface area contributed by atoms with E-state index in [0.717, 1.165) is 37.4 Å². The average molecular weight is 318 g/mol. The van der Waals surface area contributed by atoms with E-state index >= 15 is 0 Å². The van der Waals surface area contributed by atoms with E-state index in [-0.39, 0.29) is 11.9 Å². The molecule has 1 aliphatic heterocycles. The van der Waals surface area contributed by atoms with E-state index in [0.29, 0.717) is 19.1 Å². The van der Waals surface area contributed by atoms with Crippen molar-refractivity contribution in [1.29, 1.82) is 0 Å². The Bertz CT molecular complexity index is 491. The molecule has 1 amide bonds. The average Bonchev–Trinajstić information content (AvgIpc) is 2.58. The number of carbonyl (C=O) groups excluding carboxylic acids is 1. The van der Waals surface area contributed by atoms with Crippen molar-refractivity contribution in [3.8, 4) is 5.75 Å². The van der Waals surface area contributed by atoms with Crippen molar-refractivity contribution in [3.63, 3.8) is 0 Å². The Morgan fingerprint density at radius 3 is 2.70 bits per heavy atom. The van der Waals surface area contributed by atoms with Gasteiger partial charge in [-0.15, -0.1) is 0 Å². The lowest BCUT2D eigenvalue weighted by atomic mass is 9.98. The monoisotopic (exact) mass is 318 g/mol. The zero-order valence-corrected chi connectivity index (χ0v) is 13.6. The minimum absolute atomic E-state index is 0.00829. The lowest BCUT2D eigenvalue weighted by Gasteiger charge is -2.23. The molecular weight excluding hydrogens is 292 g/mol. The maximum atomic E-state index is 12.0. The van der Waals surface area contributed by atoms with Gasteiger partial charge < -0.3 is 20.1 Å². The molecule has 0 radical (unpaired) electrons. The Hall–Kier alpha value is -1.59. The molecule has 3 rings (SSSR count). The van der Waals surface area contributed by atoms with Gasteiger partial charge in [-0.3, -0.25) is 4.79 Å². The minimum atomic E-state index is 0.00829. The van der Waals surface area contributed by atoms with Gasteiger partial charge in [0, 0.05) is 24.7 Å². The number of hydrogen-bond acceptors (Lipinski definition) is 4. The molecule has 1 aromatic rings. The van der Waals surface area contributed by atoms with Gasteiger partial charge in [0.15, 0.2) is 0 Å². The van der Waals surface area contributed by atoms with Gasteiger partial charge in [0.2, 0.25) is 5.91 Å². The topological polar surface area (TPSA) is 59.6 Å². The molecule has 1 saturated carbocycles. The van der Waals surface area contributed by atoms with Crippen LogP contribution in [0.2, 0.25) is 0 Å². The Labute approximate surface area is 137 Å². The fraction of sp³-hybridized carbons (Fsp3) is 0.611. The SMILES string of the molecule is O=C(CC1COCCN1)Nc1ccc(OC2CCCCC2)cc1. The molecule has 0 bridgehead atoms. The van der Waals surface area contributed by atoms with Crippen LogP contribution in [0.1, 0.15) is 38.5 Å². The molecule has 126 valence electrons. The number of morpholine rings is 1. The van der Waals surface area contributed by atoms with Crippen LogP contribution in [0.5, 0.6) is 5.75 Å². The fourth-order valence-corrected chi connectivity index (χ4v) is 3.18. The summed E-state index contributed by atoms with van der Waals surface area (Å²) in [5.74, 6) is 0.895. The molecule has 23 heavy (non-hydrogen) atoms. The second kappa shape index (κ2) is 8.31. The number of rotatable bonds is 5. The van der Waals surface area contributed by atoms with Gasteiger partial charge in [-0.25, -0.2) is 0 Å². The first-order valence-corrected chi connectivity index (χ1v) is 8.67. The number of anilines is 1. The van der Waals surface area contributed by atoms with Crippen LogP contribution >= 0.6 is 0 Å². The van der Waals surface area contributed by atoms with E-state index < -0.39 is 0 Å². The Morgan fingerprint density at radius 2 is 2.00 bits per heavy atom. The van der Waals surface area contributed by atoms with Crippen LogP contribution in [-0.4, -0.2) is 37.8 Å².